The number of benzene rings is 1. The molecule has 1 aromatic carbocycles. The Hall–Kier alpha value is -1.67. The van der Waals surface area contributed by atoms with E-state index in [1.807, 2.05) is 4.72 Å². The van der Waals surface area contributed by atoms with E-state index in [0.717, 1.165) is 12.1 Å². The first-order valence-corrected chi connectivity index (χ1v) is 6.81. The molecule has 0 saturated heterocycles. The zero-order chi connectivity index (χ0) is 14.2. The molecule has 0 radical (unpaired) electrons. The van der Waals surface area contributed by atoms with E-state index in [-0.39, 0.29) is 10.8 Å². The number of hydrogen-bond acceptors (Lipinski definition) is 3. The molecule has 19 heavy (non-hydrogen) atoms. The maximum atomic E-state index is 13.0. The summed E-state index contributed by atoms with van der Waals surface area (Å²) in [6.07, 6.45) is 1.21. The lowest BCUT2D eigenvalue weighted by atomic mass is 10.3. The first kappa shape index (κ1) is 13.8. The number of rotatable bonds is 3. The Bertz CT molecular complexity index is 710. The minimum atomic E-state index is -4.10. The van der Waals surface area contributed by atoms with Gasteiger partial charge in [-0.1, -0.05) is 11.6 Å². The maximum absolute atomic E-state index is 13.0. The molecule has 0 aliphatic rings. The van der Waals surface area contributed by atoms with Crippen LogP contribution in [0, 0.1) is 11.6 Å². The molecule has 0 saturated carbocycles. The number of sulfonamides is 1. The molecule has 0 unspecified atom stereocenters. The van der Waals surface area contributed by atoms with Gasteiger partial charge in [-0.25, -0.2) is 13.8 Å². The average Bonchev–Trinajstić information content (AvgIpc) is 2.57. The van der Waals surface area contributed by atoms with Gasteiger partial charge < -0.3 is 4.57 Å². The molecule has 1 heterocycles. The molecule has 0 spiro atoms. The van der Waals surface area contributed by atoms with Crippen LogP contribution in [0.5, 0.6) is 0 Å². The van der Waals surface area contributed by atoms with E-state index in [4.69, 9.17) is 11.6 Å². The molecule has 0 atom stereocenters. The number of anilines is 1. The van der Waals surface area contributed by atoms with Crippen LogP contribution in [0.25, 0.3) is 0 Å². The van der Waals surface area contributed by atoms with Crippen LogP contribution in [-0.2, 0) is 17.1 Å². The SMILES string of the molecule is Cn1cnc(S(=O)(=O)Nc2cc(F)cc(F)c2)c1Cl. The van der Waals surface area contributed by atoms with Crippen molar-refractivity contribution in [3.05, 3.63) is 41.3 Å². The largest absolute Gasteiger partial charge is 0.324 e. The third-order valence-corrected chi connectivity index (χ3v) is 4.07. The summed E-state index contributed by atoms with van der Waals surface area (Å²) in [6.45, 7) is 0. The van der Waals surface area contributed by atoms with Crippen molar-refractivity contribution < 1.29 is 17.2 Å². The van der Waals surface area contributed by atoms with Crippen molar-refractivity contribution in [3.8, 4) is 0 Å². The van der Waals surface area contributed by atoms with Gasteiger partial charge in [0.25, 0.3) is 10.0 Å². The monoisotopic (exact) mass is 307 g/mol. The third kappa shape index (κ3) is 2.85. The van der Waals surface area contributed by atoms with Crippen molar-refractivity contribution >= 4 is 27.3 Å². The van der Waals surface area contributed by atoms with Crippen LogP contribution in [0.4, 0.5) is 14.5 Å². The molecule has 0 aliphatic heterocycles. The summed E-state index contributed by atoms with van der Waals surface area (Å²) in [6, 6.07) is 2.32. The lowest BCUT2D eigenvalue weighted by Crippen LogP contribution is -2.14. The highest BCUT2D eigenvalue weighted by atomic mass is 35.5. The average molecular weight is 308 g/mol. The van der Waals surface area contributed by atoms with E-state index in [9.17, 15) is 17.2 Å². The lowest BCUT2D eigenvalue weighted by Gasteiger charge is -2.06. The number of aryl methyl sites for hydroxylation is 1. The van der Waals surface area contributed by atoms with Gasteiger partial charge in [0.2, 0.25) is 5.03 Å². The van der Waals surface area contributed by atoms with E-state index in [2.05, 4.69) is 4.98 Å². The second kappa shape index (κ2) is 4.78. The fourth-order valence-electron chi connectivity index (χ4n) is 1.39. The molecule has 0 fully saturated rings. The van der Waals surface area contributed by atoms with Gasteiger partial charge in [-0.15, -0.1) is 0 Å². The van der Waals surface area contributed by atoms with Gasteiger partial charge >= 0.3 is 0 Å². The molecule has 2 rings (SSSR count). The van der Waals surface area contributed by atoms with E-state index >= 15 is 0 Å². The number of nitrogens with one attached hydrogen (secondary N) is 1. The second-order valence-corrected chi connectivity index (χ2v) is 5.67. The van der Waals surface area contributed by atoms with Crippen molar-refractivity contribution in [1.82, 2.24) is 9.55 Å². The maximum Gasteiger partial charge on any atom is 0.282 e. The smallest absolute Gasteiger partial charge is 0.282 e. The van der Waals surface area contributed by atoms with E-state index in [1.165, 1.54) is 17.9 Å². The fourth-order valence-corrected chi connectivity index (χ4v) is 2.86. The molecular formula is C10H8ClF2N3O2S. The number of aromatic nitrogens is 2. The Morgan fingerprint density at radius 3 is 2.32 bits per heavy atom. The first-order chi connectivity index (χ1) is 8.79. The van der Waals surface area contributed by atoms with Gasteiger partial charge in [-0.05, 0) is 12.1 Å². The molecule has 0 bridgehead atoms. The van der Waals surface area contributed by atoms with E-state index in [1.54, 1.807) is 0 Å². The second-order valence-electron chi connectivity index (χ2n) is 3.72. The molecule has 102 valence electrons. The zero-order valence-electron chi connectivity index (χ0n) is 9.56. The number of halogens is 3. The molecule has 5 nitrogen and oxygen atoms in total. The summed E-state index contributed by atoms with van der Waals surface area (Å²) in [4.78, 5) is 3.62. The fraction of sp³-hybridized carbons (Fsp3) is 0.100. The summed E-state index contributed by atoms with van der Waals surface area (Å²) in [7, 11) is -2.59. The van der Waals surface area contributed by atoms with Crippen LogP contribution >= 0.6 is 11.6 Å². The third-order valence-electron chi connectivity index (χ3n) is 2.20. The van der Waals surface area contributed by atoms with Crippen molar-refractivity contribution in [3.63, 3.8) is 0 Å². The normalized spacial score (nSPS) is 11.6. The molecule has 9 heteroatoms. The summed E-state index contributed by atoms with van der Waals surface area (Å²) < 4.78 is 53.1. The van der Waals surface area contributed by atoms with Crippen molar-refractivity contribution in [2.45, 2.75) is 5.03 Å². The molecule has 2 aromatic rings. The predicted octanol–water partition coefficient (Wildman–Crippen LogP) is 2.15. The summed E-state index contributed by atoms with van der Waals surface area (Å²) in [5.41, 5.74) is -0.251. The number of hydrogen-bond donors (Lipinski definition) is 1. The molecular weight excluding hydrogens is 300 g/mol. The Kier molecular flexibility index (Phi) is 3.46. The van der Waals surface area contributed by atoms with Gasteiger partial charge in [-0.2, -0.15) is 8.42 Å². The van der Waals surface area contributed by atoms with E-state index < -0.39 is 26.7 Å². The van der Waals surface area contributed by atoms with Gasteiger partial charge in [-0.3, -0.25) is 4.72 Å². The minimum Gasteiger partial charge on any atom is -0.324 e. The van der Waals surface area contributed by atoms with Crippen molar-refractivity contribution in [2.24, 2.45) is 7.05 Å². The van der Waals surface area contributed by atoms with E-state index in [0.29, 0.717) is 6.07 Å². The van der Waals surface area contributed by atoms with Crippen LogP contribution in [-0.4, -0.2) is 18.0 Å². The highest BCUT2D eigenvalue weighted by Crippen LogP contribution is 2.22. The lowest BCUT2D eigenvalue weighted by molar-refractivity contribution is 0.584. The molecule has 0 amide bonds. The standard InChI is InChI=1S/C10H8ClF2N3O2S/c1-16-5-14-10(9(16)11)19(17,18)15-8-3-6(12)2-7(13)4-8/h2-5,15H,1H3. The highest BCUT2D eigenvalue weighted by Gasteiger charge is 2.22. The molecule has 0 aliphatic carbocycles. The quantitative estimate of drug-likeness (QED) is 0.945. The first-order valence-electron chi connectivity index (χ1n) is 4.95. The van der Waals surface area contributed by atoms with Gasteiger partial charge in [0.05, 0.1) is 12.0 Å². The van der Waals surface area contributed by atoms with Crippen LogP contribution in [0.2, 0.25) is 5.15 Å². The molecule has 1 N–H and O–H groups in total. The molecule has 1 aromatic heterocycles. The van der Waals surface area contributed by atoms with Gasteiger partial charge in [0.15, 0.2) is 0 Å². The van der Waals surface area contributed by atoms with Crippen LogP contribution < -0.4 is 4.72 Å². The minimum absolute atomic E-state index is 0.107. The Labute approximate surface area is 112 Å². The summed E-state index contributed by atoms with van der Waals surface area (Å²) in [5, 5.41) is -0.522. The van der Waals surface area contributed by atoms with Gasteiger partial charge in [0.1, 0.15) is 16.8 Å². The summed E-state index contributed by atoms with van der Waals surface area (Å²) >= 11 is 5.76. The number of imidazole rings is 1. The van der Waals surface area contributed by atoms with Gasteiger partial charge in [0, 0.05) is 13.1 Å². The Morgan fingerprint density at radius 2 is 1.84 bits per heavy atom. The number of nitrogens with zero attached hydrogens (tertiary/aromatic N) is 2. The van der Waals surface area contributed by atoms with Crippen LogP contribution in [0.3, 0.4) is 0 Å². The zero-order valence-corrected chi connectivity index (χ0v) is 11.1. The topological polar surface area (TPSA) is 64.0 Å². The summed E-state index contributed by atoms with van der Waals surface area (Å²) in [5.74, 6) is -1.80. The van der Waals surface area contributed by atoms with Crippen molar-refractivity contribution in [1.29, 1.82) is 0 Å². The van der Waals surface area contributed by atoms with Crippen LogP contribution in [0.1, 0.15) is 0 Å². The Balaban J connectivity index is 2.39. The van der Waals surface area contributed by atoms with Crippen molar-refractivity contribution in [2.75, 3.05) is 4.72 Å². The predicted molar refractivity (Wildman–Crippen MR) is 65.4 cm³/mol. The Morgan fingerprint density at radius 1 is 1.26 bits per heavy atom. The highest BCUT2D eigenvalue weighted by molar-refractivity contribution is 7.92. The van der Waals surface area contributed by atoms with Crippen LogP contribution in [0.15, 0.2) is 29.6 Å².